The van der Waals surface area contributed by atoms with Crippen molar-refractivity contribution in [1.29, 1.82) is 0 Å². The molecule has 2 N–H and O–H groups in total. The van der Waals surface area contributed by atoms with Crippen LogP contribution >= 0.6 is 11.6 Å². The molecule has 0 atom stereocenters. The molecule has 0 aromatic carbocycles. The maximum Gasteiger partial charge on any atom is 0.239 e. The average Bonchev–Trinajstić information content (AvgIpc) is 2.46. The molecule has 1 aliphatic heterocycles. The van der Waals surface area contributed by atoms with Gasteiger partial charge in [-0.3, -0.25) is 4.79 Å². The molecule has 7 nitrogen and oxygen atoms in total. The fraction of sp³-hybridized carbons (Fsp3) is 0.667. The molecule has 0 spiro atoms. The summed E-state index contributed by atoms with van der Waals surface area (Å²) in [4.78, 5) is 25.9. The minimum absolute atomic E-state index is 0.108. The fourth-order valence-corrected chi connectivity index (χ4v) is 2.23. The first kappa shape index (κ1) is 14.8. The molecular formula is C12H19ClN6O. The van der Waals surface area contributed by atoms with E-state index < -0.39 is 0 Å². The summed E-state index contributed by atoms with van der Waals surface area (Å²) in [7, 11) is 0. The summed E-state index contributed by atoms with van der Waals surface area (Å²) in [6.45, 7) is 4.43. The molecule has 1 aromatic heterocycles. The first-order valence-corrected chi connectivity index (χ1v) is 7.24. The van der Waals surface area contributed by atoms with Crippen molar-refractivity contribution in [3.63, 3.8) is 0 Å². The van der Waals surface area contributed by atoms with Crippen molar-refractivity contribution in [2.75, 3.05) is 36.4 Å². The molecule has 2 rings (SSSR count). The number of amides is 1. The van der Waals surface area contributed by atoms with Crippen molar-refractivity contribution in [2.24, 2.45) is 0 Å². The Labute approximate surface area is 123 Å². The number of carbonyl (C=O) groups is 1. The topological polar surface area (TPSA) is 83.0 Å². The van der Waals surface area contributed by atoms with Gasteiger partial charge in [0, 0.05) is 19.6 Å². The predicted molar refractivity (Wildman–Crippen MR) is 78.1 cm³/mol. The molecule has 0 unspecified atom stereocenters. The molecule has 1 fully saturated rings. The van der Waals surface area contributed by atoms with Gasteiger partial charge in [-0.25, -0.2) is 0 Å². The van der Waals surface area contributed by atoms with Gasteiger partial charge in [-0.2, -0.15) is 15.0 Å². The van der Waals surface area contributed by atoms with Crippen LogP contribution in [-0.4, -0.2) is 47.0 Å². The van der Waals surface area contributed by atoms with Crippen LogP contribution in [0.3, 0.4) is 0 Å². The Kier molecular flexibility index (Phi) is 5.34. The van der Waals surface area contributed by atoms with Crippen LogP contribution in [0.2, 0.25) is 5.28 Å². The summed E-state index contributed by atoms with van der Waals surface area (Å²) in [5, 5.41) is 5.69. The van der Waals surface area contributed by atoms with Crippen molar-refractivity contribution in [2.45, 2.75) is 26.2 Å². The Hall–Kier alpha value is -1.63. The molecule has 0 aliphatic carbocycles. The number of piperidine rings is 1. The monoisotopic (exact) mass is 298 g/mol. The fourth-order valence-electron chi connectivity index (χ4n) is 2.07. The van der Waals surface area contributed by atoms with Gasteiger partial charge in [-0.05, 0) is 37.8 Å². The number of nitrogens with one attached hydrogen (secondary N) is 2. The van der Waals surface area contributed by atoms with Crippen LogP contribution in [0.1, 0.15) is 26.2 Å². The van der Waals surface area contributed by atoms with E-state index in [9.17, 15) is 4.79 Å². The minimum Gasteiger partial charge on any atom is -0.355 e. The summed E-state index contributed by atoms with van der Waals surface area (Å²) in [6.07, 6.45) is 3.49. The molecule has 8 heteroatoms. The number of likely N-dealkylation sites (N-methyl/N-ethyl adjacent to an activating group) is 1. The third-order valence-corrected chi connectivity index (χ3v) is 3.19. The van der Waals surface area contributed by atoms with Gasteiger partial charge >= 0.3 is 0 Å². The lowest BCUT2D eigenvalue weighted by molar-refractivity contribution is -0.119. The van der Waals surface area contributed by atoms with E-state index in [4.69, 9.17) is 11.6 Å². The molecule has 0 bridgehead atoms. The maximum atomic E-state index is 11.4. The normalized spacial score (nSPS) is 15.0. The van der Waals surface area contributed by atoms with E-state index in [1.54, 1.807) is 0 Å². The summed E-state index contributed by atoms with van der Waals surface area (Å²) < 4.78 is 0. The maximum absolute atomic E-state index is 11.4. The third-order valence-electron chi connectivity index (χ3n) is 3.02. The number of carbonyl (C=O) groups excluding carboxylic acids is 1. The zero-order valence-corrected chi connectivity index (χ0v) is 12.3. The van der Waals surface area contributed by atoms with Crippen LogP contribution in [0.5, 0.6) is 0 Å². The van der Waals surface area contributed by atoms with Gasteiger partial charge in [-0.1, -0.05) is 0 Å². The number of hydrogen-bond donors (Lipinski definition) is 2. The standard InChI is InChI=1S/C12H19ClN6O/c1-2-14-9(20)8-15-11-16-10(13)17-12(18-11)19-6-4-3-5-7-19/h2-8H2,1H3,(H,14,20)(H,15,16,17,18). The number of aromatic nitrogens is 3. The van der Waals surface area contributed by atoms with E-state index in [0.717, 1.165) is 25.9 Å². The van der Waals surface area contributed by atoms with Gasteiger partial charge < -0.3 is 15.5 Å². The van der Waals surface area contributed by atoms with Crippen LogP contribution in [0, 0.1) is 0 Å². The second-order valence-corrected chi connectivity index (χ2v) is 4.92. The van der Waals surface area contributed by atoms with Gasteiger partial charge in [0.1, 0.15) is 0 Å². The molecule has 0 radical (unpaired) electrons. The van der Waals surface area contributed by atoms with Crippen LogP contribution in [0.25, 0.3) is 0 Å². The molecule has 0 saturated carbocycles. The lowest BCUT2D eigenvalue weighted by Gasteiger charge is -2.26. The molecule has 1 amide bonds. The van der Waals surface area contributed by atoms with E-state index in [-0.39, 0.29) is 17.7 Å². The molecule has 1 aliphatic rings. The number of halogens is 1. The predicted octanol–water partition coefficient (Wildman–Crippen LogP) is 1.06. The Bertz CT molecular complexity index is 463. The van der Waals surface area contributed by atoms with Crippen LogP contribution in [0.15, 0.2) is 0 Å². The van der Waals surface area contributed by atoms with Crippen molar-refractivity contribution in [3.8, 4) is 0 Å². The smallest absolute Gasteiger partial charge is 0.239 e. The first-order valence-electron chi connectivity index (χ1n) is 6.86. The van der Waals surface area contributed by atoms with Crippen molar-refractivity contribution in [1.82, 2.24) is 20.3 Å². The molecule has 1 aromatic rings. The third kappa shape index (κ3) is 4.19. The van der Waals surface area contributed by atoms with Crippen molar-refractivity contribution in [3.05, 3.63) is 5.28 Å². The second-order valence-electron chi connectivity index (χ2n) is 4.58. The van der Waals surface area contributed by atoms with Crippen molar-refractivity contribution >= 4 is 29.4 Å². The average molecular weight is 299 g/mol. The van der Waals surface area contributed by atoms with E-state index in [2.05, 4.69) is 30.5 Å². The van der Waals surface area contributed by atoms with Crippen LogP contribution in [-0.2, 0) is 4.79 Å². The zero-order valence-electron chi connectivity index (χ0n) is 11.5. The van der Waals surface area contributed by atoms with Gasteiger partial charge in [0.25, 0.3) is 0 Å². The molecule has 110 valence electrons. The Morgan fingerprint density at radius 1 is 1.25 bits per heavy atom. The highest BCUT2D eigenvalue weighted by molar-refractivity contribution is 6.28. The quantitative estimate of drug-likeness (QED) is 0.846. The summed E-state index contributed by atoms with van der Waals surface area (Å²) >= 11 is 5.92. The molecule has 2 heterocycles. The van der Waals surface area contributed by atoms with Crippen LogP contribution < -0.4 is 15.5 Å². The summed E-state index contributed by atoms with van der Waals surface area (Å²) in [5.41, 5.74) is 0. The van der Waals surface area contributed by atoms with E-state index in [1.165, 1.54) is 6.42 Å². The van der Waals surface area contributed by atoms with Gasteiger partial charge in [0.2, 0.25) is 23.1 Å². The van der Waals surface area contributed by atoms with E-state index >= 15 is 0 Å². The Morgan fingerprint density at radius 2 is 2.00 bits per heavy atom. The number of hydrogen-bond acceptors (Lipinski definition) is 6. The van der Waals surface area contributed by atoms with Gasteiger partial charge in [0.15, 0.2) is 0 Å². The molecule has 20 heavy (non-hydrogen) atoms. The number of rotatable bonds is 5. The minimum atomic E-state index is -0.108. The van der Waals surface area contributed by atoms with Gasteiger partial charge in [0.05, 0.1) is 6.54 Å². The van der Waals surface area contributed by atoms with Crippen molar-refractivity contribution < 1.29 is 4.79 Å². The summed E-state index contributed by atoms with van der Waals surface area (Å²) in [5.74, 6) is 0.795. The lowest BCUT2D eigenvalue weighted by Crippen LogP contribution is -2.32. The number of anilines is 2. The van der Waals surface area contributed by atoms with Gasteiger partial charge in [-0.15, -0.1) is 0 Å². The van der Waals surface area contributed by atoms with E-state index in [0.29, 0.717) is 18.4 Å². The highest BCUT2D eigenvalue weighted by Gasteiger charge is 2.15. The highest BCUT2D eigenvalue weighted by atomic mass is 35.5. The van der Waals surface area contributed by atoms with Crippen LogP contribution in [0.4, 0.5) is 11.9 Å². The molecule has 1 saturated heterocycles. The molecular weight excluding hydrogens is 280 g/mol. The summed E-state index contributed by atoms with van der Waals surface area (Å²) in [6, 6.07) is 0. The SMILES string of the molecule is CCNC(=O)CNc1nc(Cl)nc(N2CCCCC2)n1. The Morgan fingerprint density at radius 3 is 2.70 bits per heavy atom. The number of nitrogens with zero attached hydrogens (tertiary/aromatic N) is 4. The largest absolute Gasteiger partial charge is 0.355 e. The zero-order chi connectivity index (χ0) is 14.4. The Balaban J connectivity index is 2.02. The lowest BCUT2D eigenvalue weighted by atomic mass is 10.1. The second kappa shape index (κ2) is 7.23. The highest BCUT2D eigenvalue weighted by Crippen LogP contribution is 2.18. The van der Waals surface area contributed by atoms with E-state index in [1.807, 2.05) is 6.92 Å². The first-order chi connectivity index (χ1) is 9.69.